The number of nitrogens with zero attached hydrogens (tertiary/aromatic N) is 4. The van der Waals surface area contributed by atoms with Gasteiger partial charge in [0.1, 0.15) is 5.82 Å². The van der Waals surface area contributed by atoms with Crippen molar-refractivity contribution < 1.29 is 31.5 Å². The number of halogens is 5. The van der Waals surface area contributed by atoms with Crippen LogP contribution in [-0.4, -0.2) is 33.6 Å². The molecular weight excluding hydrogens is 447 g/mol. The van der Waals surface area contributed by atoms with Crippen molar-refractivity contribution >= 4 is 22.8 Å². The molecule has 11 heteroatoms. The third-order valence-corrected chi connectivity index (χ3v) is 5.62. The summed E-state index contributed by atoms with van der Waals surface area (Å²) in [5, 5.41) is 0. The van der Waals surface area contributed by atoms with E-state index in [1.165, 1.54) is 30.2 Å². The smallest absolute Gasteiger partial charge is 0.419 e. The van der Waals surface area contributed by atoms with Gasteiger partial charge >= 0.3 is 18.7 Å². The number of aromatic nitrogens is 3. The minimum Gasteiger partial charge on any atom is -0.454 e. The largest absolute Gasteiger partial charge is 0.454 e. The fourth-order valence-electron chi connectivity index (χ4n) is 4.11. The van der Waals surface area contributed by atoms with Crippen LogP contribution in [0.3, 0.4) is 0 Å². The van der Waals surface area contributed by atoms with E-state index in [-0.39, 0.29) is 23.7 Å². The summed E-state index contributed by atoms with van der Waals surface area (Å²) >= 11 is 0. The number of fused-ring (bicyclic) bond motifs is 1. The van der Waals surface area contributed by atoms with Gasteiger partial charge in [-0.15, -0.1) is 0 Å². The van der Waals surface area contributed by atoms with E-state index in [2.05, 4.69) is 9.97 Å². The highest BCUT2D eigenvalue weighted by molar-refractivity contribution is 5.77. The van der Waals surface area contributed by atoms with Crippen LogP contribution in [0.1, 0.15) is 43.8 Å². The Kier molecular flexibility index (Phi) is 6.22. The molecule has 0 N–H and O–H groups in total. The Bertz CT molecular complexity index is 1150. The third kappa shape index (κ3) is 4.62. The first kappa shape index (κ1) is 22.9. The number of piperidine rings is 1. The topological polar surface area (TPSA) is 60.2 Å². The molecule has 33 heavy (non-hydrogen) atoms. The van der Waals surface area contributed by atoms with Crippen molar-refractivity contribution in [3.8, 4) is 0 Å². The molecule has 3 aromatic rings. The second kappa shape index (κ2) is 8.95. The zero-order valence-corrected chi connectivity index (χ0v) is 17.6. The van der Waals surface area contributed by atoms with Crippen molar-refractivity contribution in [2.24, 2.45) is 5.92 Å². The summed E-state index contributed by atoms with van der Waals surface area (Å²) in [6.07, 6.45) is -3.53. The predicted octanol–water partition coefficient (Wildman–Crippen LogP) is 5.37. The van der Waals surface area contributed by atoms with Gasteiger partial charge in [-0.25, -0.2) is 9.97 Å². The van der Waals surface area contributed by atoms with Gasteiger partial charge < -0.3 is 9.64 Å². The number of hydrogen-bond donors (Lipinski definition) is 0. The van der Waals surface area contributed by atoms with Crippen molar-refractivity contribution in [3.05, 3.63) is 54.0 Å². The van der Waals surface area contributed by atoms with Crippen molar-refractivity contribution in [2.75, 3.05) is 18.0 Å². The lowest BCUT2D eigenvalue weighted by atomic mass is 9.97. The van der Waals surface area contributed by atoms with Crippen molar-refractivity contribution in [2.45, 2.75) is 38.6 Å². The lowest BCUT2D eigenvalue weighted by Gasteiger charge is -2.34. The highest BCUT2D eigenvalue weighted by atomic mass is 19.4. The van der Waals surface area contributed by atoms with Crippen LogP contribution in [0, 0.1) is 5.92 Å². The minimum atomic E-state index is -4.58. The molecule has 2 unspecified atom stereocenters. The van der Waals surface area contributed by atoms with E-state index in [0.717, 1.165) is 6.07 Å². The minimum absolute atomic E-state index is 0.0170. The summed E-state index contributed by atoms with van der Waals surface area (Å²) in [7, 11) is 0. The maximum atomic E-state index is 13.7. The molecule has 0 amide bonds. The van der Waals surface area contributed by atoms with Crippen molar-refractivity contribution in [1.29, 1.82) is 0 Å². The summed E-state index contributed by atoms with van der Waals surface area (Å²) in [5.41, 5.74) is -0.323. The molecular formula is C22H21F5N4O2. The van der Waals surface area contributed by atoms with E-state index in [1.54, 1.807) is 18.2 Å². The molecule has 1 aliphatic heterocycles. The van der Waals surface area contributed by atoms with E-state index >= 15 is 0 Å². The van der Waals surface area contributed by atoms with E-state index in [0.29, 0.717) is 29.5 Å². The van der Waals surface area contributed by atoms with Gasteiger partial charge in [0.15, 0.2) is 11.9 Å². The Labute approximate surface area is 186 Å². The second-order valence-electron chi connectivity index (χ2n) is 7.84. The van der Waals surface area contributed by atoms with E-state index < -0.39 is 36.3 Å². The number of rotatable bonds is 5. The van der Waals surface area contributed by atoms with Crippen LogP contribution in [0.4, 0.5) is 27.8 Å². The molecule has 2 aromatic heterocycles. The van der Waals surface area contributed by atoms with E-state index in [4.69, 9.17) is 4.74 Å². The molecule has 0 aliphatic carbocycles. The van der Waals surface area contributed by atoms with Gasteiger partial charge in [0, 0.05) is 19.3 Å². The number of pyridine rings is 1. The fraction of sp³-hybridized carbons (Fsp3) is 0.409. The zero-order chi connectivity index (χ0) is 23.8. The van der Waals surface area contributed by atoms with E-state index in [1.807, 2.05) is 0 Å². The quantitative estimate of drug-likeness (QED) is 0.372. The summed E-state index contributed by atoms with van der Waals surface area (Å²) < 4.78 is 73.7. The summed E-state index contributed by atoms with van der Waals surface area (Å²) in [5.74, 6) is -1.75. The summed E-state index contributed by atoms with van der Waals surface area (Å²) in [6, 6.07) is 8.49. The van der Waals surface area contributed by atoms with Crippen molar-refractivity contribution in [1.82, 2.24) is 14.5 Å². The predicted molar refractivity (Wildman–Crippen MR) is 110 cm³/mol. The van der Waals surface area contributed by atoms with Crippen LogP contribution in [0.5, 0.6) is 0 Å². The molecule has 0 bridgehead atoms. The van der Waals surface area contributed by atoms with Gasteiger partial charge in [-0.05, 0) is 44.0 Å². The number of carbonyl (C=O) groups is 1. The van der Waals surface area contributed by atoms with Gasteiger partial charge in [-0.2, -0.15) is 22.0 Å². The molecule has 3 heterocycles. The number of ether oxygens (including phenoxy) is 1. The Morgan fingerprint density at radius 2 is 1.94 bits per heavy atom. The van der Waals surface area contributed by atoms with Crippen molar-refractivity contribution in [3.63, 3.8) is 0 Å². The van der Waals surface area contributed by atoms with Gasteiger partial charge in [-0.1, -0.05) is 12.1 Å². The van der Waals surface area contributed by atoms with Crippen LogP contribution in [0.25, 0.3) is 11.0 Å². The lowest BCUT2D eigenvalue weighted by Crippen LogP contribution is -2.41. The molecule has 1 saturated heterocycles. The lowest BCUT2D eigenvalue weighted by molar-refractivity contribution is -0.154. The molecule has 1 aromatic carbocycles. The SMILES string of the molecule is CC(OC(=O)C1CCCN(c2ncccc2C(F)(F)F)C1)c1nc2ccccc2n1C(F)F. The Morgan fingerprint density at radius 1 is 1.18 bits per heavy atom. The maximum Gasteiger partial charge on any atom is 0.419 e. The van der Waals surface area contributed by atoms with E-state index in [9.17, 15) is 26.7 Å². The number of imidazole rings is 1. The third-order valence-electron chi connectivity index (χ3n) is 5.62. The maximum absolute atomic E-state index is 13.7. The highest BCUT2D eigenvalue weighted by Gasteiger charge is 2.38. The van der Waals surface area contributed by atoms with Gasteiger partial charge in [-0.3, -0.25) is 9.36 Å². The molecule has 1 fully saturated rings. The van der Waals surface area contributed by atoms with Crippen LogP contribution >= 0.6 is 0 Å². The molecule has 0 saturated carbocycles. The number of esters is 1. The molecule has 0 spiro atoms. The summed E-state index contributed by atoms with van der Waals surface area (Å²) in [4.78, 5) is 22.3. The molecule has 4 rings (SSSR count). The molecule has 0 radical (unpaired) electrons. The van der Waals surface area contributed by atoms with Crippen LogP contribution in [0.15, 0.2) is 42.6 Å². The number of carbonyl (C=O) groups excluding carboxylic acids is 1. The molecule has 2 atom stereocenters. The average Bonchev–Trinajstić information content (AvgIpc) is 3.19. The Balaban J connectivity index is 1.52. The Hall–Kier alpha value is -3.24. The number of alkyl halides is 5. The summed E-state index contributed by atoms with van der Waals surface area (Å²) in [6.45, 7) is -1.15. The van der Waals surface area contributed by atoms with Gasteiger partial charge in [0.25, 0.3) is 0 Å². The second-order valence-corrected chi connectivity index (χ2v) is 7.84. The van der Waals surface area contributed by atoms with Crippen LogP contribution in [-0.2, 0) is 15.7 Å². The van der Waals surface area contributed by atoms with Gasteiger partial charge in [0.2, 0.25) is 0 Å². The Morgan fingerprint density at radius 3 is 2.67 bits per heavy atom. The number of hydrogen-bond acceptors (Lipinski definition) is 5. The number of para-hydroxylation sites is 2. The molecule has 6 nitrogen and oxygen atoms in total. The molecule has 176 valence electrons. The normalized spacial score (nSPS) is 18.0. The molecule has 1 aliphatic rings. The first-order valence-corrected chi connectivity index (χ1v) is 10.4. The average molecular weight is 468 g/mol. The number of anilines is 1. The highest BCUT2D eigenvalue weighted by Crippen LogP contribution is 2.37. The van der Waals surface area contributed by atoms with Crippen LogP contribution < -0.4 is 4.90 Å². The first-order chi connectivity index (χ1) is 15.7. The number of benzene rings is 1. The zero-order valence-electron chi connectivity index (χ0n) is 17.6. The van der Waals surface area contributed by atoms with Crippen LogP contribution in [0.2, 0.25) is 0 Å². The first-order valence-electron chi connectivity index (χ1n) is 10.4. The monoisotopic (exact) mass is 468 g/mol. The fourth-order valence-corrected chi connectivity index (χ4v) is 4.11. The standard InChI is InChI=1S/C22H21F5N4O2/c1-13(18-29-16-8-2-3-9-17(16)31(18)21(23)24)33-20(32)14-6-5-11-30(12-14)19-15(22(25,26)27)7-4-10-28-19/h2-4,7-10,13-14,21H,5-6,11-12H2,1H3. The van der Waals surface area contributed by atoms with Gasteiger partial charge in [0.05, 0.1) is 22.5 Å².